The van der Waals surface area contributed by atoms with Crippen LogP contribution in [-0.4, -0.2) is 51.0 Å². The van der Waals surface area contributed by atoms with Gasteiger partial charge in [0.2, 0.25) is 0 Å². The second kappa shape index (κ2) is 4.39. The maximum Gasteiger partial charge on any atom is 0.147 e. The molecule has 0 aromatic heterocycles. The third-order valence-corrected chi connectivity index (χ3v) is 3.53. The smallest absolute Gasteiger partial charge is 0.147 e. The van der Waals surface area contributed by atoms with Gasteiger partial charge in [0.1, 0.15) is 9.84 Å². The number of sulfone groups is 1. The van der Waals surface area contributed by atoms with Gasteiger partial charge in [-0.15, -0.1) is 0 Å². The molecule has 1 fully saturated rings. The predicted molar refractivity (Wildman–Crippen MR) is 53.4 cm³/mol. The lowest BCUT2D eigenvalue weighted by Crippen LogP contribution is -2.52. The van der Waals surface area contributed by atoms with Gasteiger partial charge in [-0.25, -0.2) is 8.42 Å². The molecule has 13 heavy (non-hydrogen) atoms. The summed E-state index contributed by atoms with van der Waals surface area (Å²) in [7, 11) is -2.79. The van der Waals surface area contributed by atoms with Gasteiger partial charge in [-0.05, 0) is 19.4 Å². The van der Waals surface area contributed by atoms with Crippen LogP contribution in [0.1, 0.15) is 12.8 Å². The summed E-state index contributed by atoms with van der Waals surface area (Å²) in [4.78, 5) is 2.26. The van der Waals surface area contributed by atoms with E-state index < -0.39 is 9.84 Å². The van der Waals surface area contributed by atoms with Crippen LogP contribution >= 0.6 is 0 Å². The van der Waals surface area contributed by atoms with Gasteiger partial charge in [-0.3, -0.25) is 4.90 Å². The van der Waals surface area contributed by atoms with Gasteiger partial charge in [-0.1, -0.05) is 0 Å². The molecule has 0 amide bonds. The van der Waals surface area contributed by atoms with Crippen LogP contribution in [0.3, 0.4) is 0 Å². The molecule has 1 heterocycles. The summed E-state index contributed by atoms with van der Waals surface area (Å²) in [6.07, 6.45) is 3.17. The number of nitrogens with two attached hydrogens (primary N) is 1. The first kappa shape index (κ1) is 10.9. The van der Waals surface area contributed by atoms with E-state index in [0.717, 1.165) is 25.9 Å². The molecule has 0 radical (unpaired) electrons. The van der Waals surface area contributed by atoms with E-state index in [1.807, 2.05) is 0 Å². The highest BCUT2D eigenvalue weighted by atomic mass is 32.2. The van der Waals surface area contributed by atoms with Crippen molar-refractivity contribution in [2.24, 2.45) is 5.73 Å². The molecule has 0 aromatic rings. The molecule has 0 spiro atoms. The van der Waals surface area contributed by atoms with Crippen LogP contribution in [0.25, 0.3) is 0 Å². The minimum Gasteiger partial charge on any atom is -0.329 e. The normalized spacial score (nSPS) is 24.3. The lowest BCUT2D eigenvalue weighted by atomic mass is 10.0. The van der Waals surface area contributed by atoms with Crippen molar-refractivity contribution in [2.75, 3.05) is 31.6 Å². The maximum atomic E-state index is 10.8. The second-order valence-electron chi connectivity index (χ2n) is 3.70. The molecule has 1 atom stereocenters. The van der Waals surface area contributed by atoms with Gasteiger partial charge in [0, 0.05) is 25.4 Å². The Labute approximate surface area is 80.0 Å². The average molecular weight is 206 g/mol. The number of nitrogens with zero attached hydrogens (tertiary/aromatic N) is 1. The molecular weight excluding hydrogens is 188 g/mol. The fourth-order valence-electron chi connectivity index (χ4n) is 1.59. The largest absolute Gasteiger partial charge is 0.329 e. The summed E-state index contributed by atoms with van der Waals surface area (Å²) in [6, 6.07) is 0.500. The van der Waals surface area contributed by atoms with Crippen LogP contribution in [-0.2, 0) is 9.84 Å². The Morgan fingerprint density at radius 3 is 2.62 bits per heavy atom. The van der Waals surface area contributed by atoms with Crippen LogP contribution in [0.4, 0.5) is 0 Å². The van der Waals surface area contributed by atoms with E-state index in [2.05, 4.69) is 4.90 Å². The first-order valence-corrected chi connectivity index (χ1v) is 6.71. The fourth-order valence-corrected chi connectivity index (χ4v) is 2.24. The van der Waals surface area contributed by atoms with Crippen LogP contribution in [0.5, 0.6) is 0 Å². The van der Waals surface area contributed by atoms with Crippen LogP contribution in [0.2, 0.25) is 0 Å². The highest BCUT2D eigenvalue weighted by molar-refractivity contribution is 7.90. The molecule has 1 rings (SSSR count). The van der Waals surface area contributed by atoms with E-state index in [1.54, 1.807) is 0 Å². The highest BCUT2D eigenvalue weighted by Gasteiger charge is 2.25. The summed E-state index contributed by atoms with van der Waals surface area (Å²) in [5.74, 6) is 0.292. The molecule has 0 bridgehead atoms. The zero-order valence-electron chi connectivity index (χ0n) is 8.07. The SMILES string of the molecule is CS(=O)(=O)CCCN1CCC1CN. The Balaban J connectivity index is 2.13. The van der Waals surface area contributed by atoms with E-state index >= 15 is 0 Å². The standard InChI is InChI=1S/C8H18N2O2S/c1-13(11,12)6-2-4-10-5-3-8(10)7-9/h8H,2-7,9H2,1H3. The van der Waals surface area contributed by atoms with E-state index in [1.165, 1.54) is 6.26 Å². The molecule has 1 unspecified atom stereocenters. The number of likely N-dealkylation sites (tertiary alicyclic amines) is 1. The zero-order valence-corrected chi connectivity index (χ0v) is 8.89. The topological polar surface area (TPSA) is 63.4 Å². The molecule has 1 aliphatic rings. The van der Waals surface area contributed by atoms with Crippen molar-refractivity contribution in [1.82, 2.24) is 4.90 Å². The van der Waals surface area contributed by atoms with Crippen LogP contribution in [0, 0.1) is 0 Å². The predicted octanol–water partition coefficient (Wildman–Crippen LogP) is -0.546. The summed E-state index contributed by atoms with van der Waals surface area (Å²) in [6.45, 7) is 2.64. The third-order valence-electron chi connectivity index (χ3n) is 2.50. The zero-order chi connectivity index (χ0) is 9.90. The minimum atomic E-state index is -2.79. The highest BCUT2D eigenvalue weighted by Crippen LogP contribution is 2.15. The molecule has 1 aliphatic heterocycles. The quantitative estimate of drug-likeness (QED) is 0.656. The van der Waals surface area contributed by atoms with E-state index in [4.69, 9.17) is 5.73 Å². The van der Waals surface area contributed by atoms with Crippen LogP contribution < -0.4 is 5.73 Å². The Kier molecular flexibility index (Phi) is 3.70. The molecule has 0 aromatic carbocycles. The van der Waals surface area contributed by atoms with Gasteiger partial charge in [0.25, 0.3) is 0 Å². The first-order valence-electron chi connectivity index (χ1n) is 4.65. The first-order chi connectivity index (χ1) is 6.03. The molecule has 78 valence electrons. The lowest BCUT2D eigenvalue weighted by Gasteiger charge is -2.40. The Bertz CT molecular complexity index is 249. The molecule has 0 aliphatic carbocycles. The van der Waals surface area contributed by atoms with Crippen molar-refractivity contribution in [3.63, 3.8) is 0 Å². The summed E-state index contributed by atoms with van der Waals surface area (Å²) in [5.41, 5.74) is 5.52. The maximum absolute atomic E-state index is 10.8. The van der Waals surface area contributed by atoms with Crippen molar-refractivity contribution in [3.8, 4) is 0 Å². The van der Waals surface area contributed by atoms with Gasteiger partial charge in [0.05, 0.1) is 5.75 Å². The monoisotopic (exact) mass is 206 g/mol. The van der Waals surface area contributed by atoms with Crippen molar-refractivity contribution in [3.05, 3.63) is 0 Å². The Hall–Kier alpha value is -0.130. The van der Waals surface area contributed by atoms with E-state index in [0.29, 0.717) is 18.3 Å². The Morgan fingerprint density at radius 1 is 1.54 bits per heavy atom. The molecule has 2 N–H and O–H groups in total. The van der Waals surface area contributed by atoms with Crippen LogP contribution in [0.15, 0.2) is 0 Å². The molecule has 1 saturated heterocycles. The summed E-state index contributed by atoms with van der Waals surface area (Å²) in [5, 5.41) is 0. The fraction of sp³-hybridized carbons (Fsp3) is 1.00. The lowest BCUT2D eigenvalue weighted by molar-refractivity contribution is 0.0975. The molecule has 4 nitrogen and oxygen atoms in total. The van der Waals surface area contributed by atoms with E-state index in [9.17, 15) is 8.42 Å². The third kappa shape index (κ3) is 3.62. The second-order valence-corrected chi connectivity index (χ2v) is 5.96. The van der Waals surface area contributed by atoms with Crippen molar-refractivity contribution >= 4 is 9.84 Å². The molecule has 0 saturated carbocycles. The molecular formula is C8H18N2O2S. The molecule has 5 heteroatoms. The van der Waals surface area contributed by atoms with Gasteiger partial charge >= 0.3 is 0 Å². The number of rotatable bonds is 5. The van der Waals surface area contributed by atoms with Crippen molar-refractivity contribution < 1.29 is 8.42 Å². The van der Waals surface area contributed by atoms with Gasteiger partial charge in [0.15, 0.2) is 0 Å². The summed E-state index contributed by atoms with van der Waals surface area (Å²) >= 11 is 0. The van der Waals surface area contributed by atoms with E-state index in [-0.39, 0.29) is 0 Å². The minimum absolute atomic E-state index is 0.292. The van der Waals surface area contributed by atoms with Crippen molar-refractivity contribution in [1.29, 1.82) is 0 Å². The average Bonchev–Trinajstić information content (AvgIpc) is 1.95. The Morgan fingerprint density at radius 2 is 2.23 bits per heavy atom. The van der Waals surface area contributed by atoms with Gasteiger partial charge in [-0.2, -0.15) is 0 Å². The summed E-state index contributed by atoms with van der Waals surface area (Å²) < 4.78 is 21.7. The van der Waals surface area contributed by atoms with Crippen molar-refractivity contribution in [2.45, 2.75) is 18.9 Å². The number of hydrogen-bond acceptors (Lipinski definition) is 4. The van der Waals surface area contributed by atoms with Gasteiger partial charge < -0.3 is 5.73 Å². The number of hydrogen-bond donors (Lipinski definition) is 1.